The molecule has 2 rings (SSSR count). The molecule has 0 atom stereocenters. The van der Waals surface area contributed by atoms with Gasteiger partial charge in [-0.15, -0.1) is 0 Å². The van der Waals surface area contributed by atoms with Gasteiger partial charge in [0.15, 0.2) is 0 Å². The highest BCUT2D eigenvalue weighted by atomic mass is 16.5. The number of anilines is 1. The van der Waals surface area contributed by atoms with Crippen LogP contribution in [-0.4, -0.2) is 68.6 Å². The lowest BCUT2D eigenvalue weighted by Crippen LogP contribution is -2.52. The van der Waals surface area contributed by atoms with Crippen LogP contribution in [0.3, 0.4) is 0 Å². The summed E-state index contributed by atoms with van der Waals surface area (Å²) >= 11 is 0. The fraction of sp³-hybridized carbons (Fsp3) is 0.562. The van der Waals surface area contributed by atoms with Gasteiger partial charge in [0.25, 0.3) is 0 Å². The molecular weight excluding hydrogens is 282 g/mol. The first-order chi connectivity index (χ1) is 10.8. The monoisotopic (exact) mass is 307 g/mol. The smallest absolute Gasteiger partial charge is 0.317 e. The molecule has 0 radical (unpaired) electrons. The molecule has 6 nitrogen and oxygen atoms in total. The number of urea groups is 1. The minimum Gasteiger partial charge on any atom is -0.394 e. The fourth-order valence-electron chi connectivity index (χ4n) is 2.45. The first-order valence-electron chi connectivity index (χ1n) is 7.82. The average Bonchev–Trinajstić information content (AvgIpc) is 2.59. The zero-order chi connectivity index (χ0) is 15.6. The first-order valence-corrected chi connectivity index (χ1v) is 7.82. The second kappa shape index (κ2) is 9.27. The van der Waals surface area contributed by atoms with Gasteiger partial charge in [0.05, 0.1) is 13.2 Å². The predicted molar refractivity (Wildman–Crippen MR) is 86.1 cm³/mol. The summed E-state index contributed by atoms with van der Waals surface area (Å²) < 4.78 is 5.15. The maximum Gasteiger partial charge on any atom is 0.317 e. The Morgan fingerprint density at radius 1 is 1.14 bits per heavy atom. The van der Waals surface area contributed by atoms with Crippen molar-refractivity contribution in [2.45, 2.75) is 6.42 Å². The Kier molecular flexibility index (Phi) is 6.99. The van der Waals surface area contributed by atoms with Crippen molar-refractivity contribution in [2.24, 2.45) is 0 Å². The van der Waals surface area contributed by atoms with Crippen LogP contribution in [-0.2, 0) is 4.74 Å². The Morgan fingerprint density at radius 2 is 1.86 bits per heavy atom. The molecule has 1 aromatic carbocycles. The number of nitrogens with one attached hydrogen (secondary N) is 1. The number of piperazine rings is 1. The van der Waals surface area contributed by atoms with Crippen LogP contribution >= 0.6 is 0 Å². The molecule has 0 aromatic heterocycles. The van der Waals surface area contributed by atoms with Crippen molar-refractivity contribution in [2.75, 3.05) is 57.4 Å². The van der Waals surface area contributed by atoms with Crippen LogP contribution in [0.25, 0.3) is 0 Å². The van der Waals surface area contributed by atoms with Gasteiger partial charge >= 0.3 is 6.03 Å². The number of para-hydroxylation sites is 1. The second-order valence-corrected chi connectivity index (χ2v) is 5.23. The molecule has 122 valence electrons. The van der Waals surface area contributed by atoms with E-state index in [4.69, 9.17) is 9.84 Å². The molecular formula is C16H25N3O3. The van der Waals surface area contributed by atoms with Crippen molar-refractivity contribution in [3.63, 3.8) is 0 Å². The van der Waals surface area contributed by atoms with E-state index in [1.807, 2.05) is 23.1 Å². The van der Waals surface area contributed by atoms with Crippen LogP contribution in [0.15, 0.2) is 30.3 Å². The molecule has 6 heteroatoms. The Labute approximate surface area is 131 Å². The molecule has 0 bridgehead atoms. The summed E-state index contributed by atoms with van der Waals surface area (Å²) in [6.07, 6.45) is 0.760. The Morgan fingerprint density at radius 3 is 2.55 bits per heavy atom. The quantitative estimate of drug-likeness (QED) is 0.735. The van der Waals surface area contributed by atoms with Crippen LogP contribution in [0.2, 0.25) is 0 Å². The number of aliphatic hydroxyl groups is 1. The number of rotatable bonds is 7. The van der Waals surface area contributed by atoms with E-state index in [1.165, 1.54) is 5.69 Å². The van der Waals surface area contributed by atoms with E-state index in [-0.39, 0.29) is 12.6 Å². The predicted octanol–water partition coefficient (Wildman–Crippen LogP) is 0.917. The number of carbonyl (C=O) groups is 1. The zero-order valence-electron chi connectivity index (χ0n) is 12.9. The number of aliphatic hydroxyl groups excluding tert-OH is 1. The van der Waals surface area contributed by atoms with Gasteiger partial charge in [0.1, 0.15) is 0 Å². The van der Waals surface area contributed by atoms with Gasteiger partial charge in [-0.3, -0.25) is 0 Å². The average molecular weight is 307 g/mol. The Balaban J connectivity index is 1.63. The minimum absolute atomic E-state index is 0.00475. The number of hydrogen-bond donors (Lipinski definition) is 2. The SMILES string of the molecule is O=C(NCCCOCCO)N1CCN(c2ccccc2)CC1. The third-order valence-electron chi connectivity index (χ3n) is 3.67. The van der Waals surface area contributed by atoms with Crippen LogP contribution in [0.1, 0.15) is 6.42 Å². The second-order valence-electron chi connectivity index (χ2n) is 5.23. The maximum atomic E-state index is 12.0. The minimum atomic E-state index is -0.00475. The number of carbonyl (C=O) groups excluding carboxylic acids is 1. The topological polar surface area (TPSA) is 65.0 Å². The molecule has 2 amide bonds. The third-order valence-corrected chi connectivity index (χ3v) is 3.67. The summed E-state index contributed by atoms with van der Waals surface area (Å²) in [4.78, 5) is 16.2. The highest BCUT2D eigenvalue weighted by Gasteiger charge is 2.20. The summed E-state index contributed by atoms with van der Waals surface area (Å²) in [6, 6.07) is 10.3. The molecule has 0 unspecified atom stereocenters. The molecule has 22 heavy (non-hydrogen) atoms. The van der Waals surface area contributed by atoms with E-state index in [2.05, 4.69) is 22.3 Å². The van der Waals surface area contributed by atoms with Crippen molar-refractivity contribution in [3.8, 4) is 0 Å². The van der Waals surface area contributed by atoms with Crippen molar-refractivity contribution < 1.29 is 14.6 Å². The van der Waals surface area contributed by atoms with Crippen LogP contribution in [0, 0.1) is 0 Å². The molecule has 1 aliphatic rings. The van der Waals surface area contributed by atoms with E-state index in [0.717, 1.165) is 32.6 Å². The van der Waals surface area contributed by atoms with E-state index in [0.29, 0.717) is 19.8 Å². The summed E-state index contributed by atoms with van der Waals surface area (Å²) in [7, 11) is 0. The molecule has 1 saturated heterocycles. The maximum absolute atomic E-state index is 12.0. The zero-order valence-corrected chi connectivity index (χ0v) is 12.9. The molecule has 1 aliphatic heterocycles. The van der Waals surface area contributed by atoms with E-state index < -0.39 is 0 Å². The summed E-state index contributed by atoms with van der Waals surface area (Å²) in [5, 5.41) is 11.5. The molecule has 0 saturated carbocycles. The number of nitrogens with zero attached hydrogens (tertiary/aromatic N) is 2. The van der Waals surface area contributed by atoms with E-state index in [1.54, 1.807) is 0 Å². The van der Waals surface area contributed by atoms with Gasteiger partial charge in [0, 0.05) is 45.0 Å². The Bertz CT molecular complexity index is 434. The largest absolute Gasteiger partial charge is 0.394 e. The summed E-state index contributed by atoms with van der Waals surface area (Å²) in [5.41, 5.74) is 1.21. The van der Waals surface area contributed by atoms with Gasteiger partial charge < -0.3 is 25.0 Å². The van der Waals surface area contributed by atoms with Crippen molar-refractivity contribution in [1.82, 2.24) is 10.2 Å². The van der Waals surface area contributed by atoms with Crippen molar-refractivity contribution in [3.05, 3.63) is 30.3 Å². The molecule has 1 fully saturated rings. The van der Waals surface area contributed by atoms with Gasteiger partial charge in [0.2, 0.25) is 0 Å². The number of benzene rings is 1. The number of hydrogen-bond acceptors (Lipinski definition) is 4. The highest BCUT2D eigenvalue weighted by molar-refractivity contribution is 5.74. The molecule has 1 heterocycles. The van der Waals surface area contributed by atoms with Crippen molar-refractivity contribution in [1.29, 1.82) is 0 Å². The van der Waals surface area contributed by atoms with E-state index in [9.17, 15) is 4.79 Å². The van der Waals surface area contributed by atoms with Gasteiger partial charge in [-0.2, -0.15) is 0 Å². The number of amides is 2. The highest BCUT2D eigenvalue weighted by Crippen LogP contribution is 2.15. The molecule has 2 N–H and O–H groups in total. The third kappa shape index (κ3) is 5.20. The van der Waals surface area contributed by atoms with Gasteiger partial charge in [-0.1, -0.05) is 18.2 Å². The van der Waals surface area contributed by atoms with Crippen LogP contribution in [0.5, 0.6) is 0 Å². The Hall–Kier alpha value is -1.79. The molecule has 0 aliphatic carbocycles. The lowest BCUT2D eigenvalue weighted by molar-refractivity contribution is 0.0907. The van der Waals surface area contributed by atoms with Gasteiger partial charge in [-0.25, -0.2) is 4.79 Å². The molecule has 0 spiro atoms. The summed E-state index contributed by atoms with van der Waals surface area (Å²) in [5.74, 6) is 0. The fourth-order valence-corrected chi connectivity index (χ4v) is 2.45. The summed E-state index contributed by atoms with van der Waals surface area (Å²) in [6.45, 7) is 4.75. The standard InChI is InChI=1S/C16H25N3O3/c20-12-14-22-13-4-7-17-16(21)19-10-8-18(9-11-19)15-5-2-1-3-6-15/h1-3,5-6,20H,4,7-14H2,(H,17,21). The van der Waals surface area contributed by atoms with Gasteiger partial charge in [-0.05, 0) is 18.6 Å². The van der Waals surface area contributed by atoms with Crippen molar-refractivity contribution >= 4 is 11.7 Å². The molecule has 1 aromatic rings. The first kappa shape index (κ1) is 16.6. The lowest BCUT2D eigenvalue weighted by atomic mass is 10.2. The normalized spacial score (nSPS) is 15.0. The van der Waals surface area contributed by atoms with Crippen LogP contribution in [0.4, 0.5) is 10.5 Å². The number of ether oxygens (including phenoxy) is 1. The van der Waals surface area contributed by atoms with Crippen LogP contribution < -0.4 is 10.2 Å². The van der Waals surface area contributed by atoms with E-state index >= 15 is 0 Å². The lowest BCUT2D eigenvalue weighted by Gasteiger charge is -2.36.